The molecule has 1 amide bonds. The largest absolute Gasteiger partial charge is 0.366 e. The zero-order valence-electron chi connectivity index (χ0n) is 12.7. The lowest BCUT2D eigenvalue weighted by Crippen LogP contribution is -2.49. The van der Waals surface area contributed by atoms with Crippen LogP contribution in [-0.4, -0.2) is 37.0 Å². The van der Waals surface area contributed by atoms with Crippen molar-refractivity contribution in [1.82, 2.24) is 4.90 Å². The van der Waals surface area contributed by atoms with Gasteiger partial charge in [0.15, 0.2) is 0 Å². The van der Waals surface area contributed by atoms with Gasteiger partial charge < -0.3 is 9.80 Å². The summed E-state index contributed by atoms with van der Waals surface area (Å²) < 4.78 is 13.8. The van der Waals surface area contributed by atoms with Crippen LogP contribution in [0.5, 0.6) is 0 Å². The quantitative estimate of drug-likeness (QED) is 0.803. The monoisotopic (exact) mass is 332 g/mol. The summed E-state index contributed by atoms with van der Waals surface area (Å²) in [6.07, 6.45) is 0. The number of hydrogen-bond donors (Lipinski definition) is 0. The molecule has 120 valence electrons. The van der Waals surface area contributed by atoms with E-state index in [1.807, 2.05) is 40.1 Å². The van der Waals surface area contributed by atoms with Crippen molar-refractivity contribution in [3.8, 4) is 0 Å². The Labute approximate surface area is 140 Å². The van der Waals surface area contributed by atoms with E-state index in [1.54, 1.807) is 12.1 Å². The molecule has 1 aliphatic rings. The number of benzene rings is 2. The molecule has 0 spiro atoms. The average Bonchev–Trinajstić information content (AvgIpc) is 2.62. The maximum absolute atomic E-state index is 13.8. The van der Waals surface area contributed by atoms with E-state index in [0.717, 1.165) is 5.56 Å². The van der Waals surface area contributed by atoms with Gasteiger partial charge in [-0.1, -0.05) is 24.3 Å². The number of hydrogen-bond acceptors (Lipinski definition) is 2. The maximum Gasteiger partial charge on any atom is 0.253 e. The summed E-state index contributed by atoms with van der Waals surface area (Å²) in [5.41, 5.74) is 2.26. The molecule has 23 heavy (non-hydrogen) atoms. The molecule has 0 atom stereocenters. The third-order valence-electron chi connectivity index (χ3n) is 4.12. The van der Waals surface area contributed by atoms with Gasteiger partial charge in [-0.2, -0.15) is 0 Å². The Morgan fingerprint density at radius 1 is 1.00 bits per heavy atom. The van der Waals surface area contributed by atoms with Crippen LogP contribution in [0.25, 0.3) is 0 Å². The van der Waals surface area contributed by atoms with E-state index >= 15 is 0 Å². The first-order valence-electron chi connectivity index (χ1n) is 7.62. The first-order chi connectivity index (χ1) is 11.2. The van der Waals surface area contributed by atoms with E-state index in [9.17, 15) is 9.18 Å². The fourth-order valence-corrected chi connectivity index (χ4v) is 2.96. The number of piperazine rings is 1. The number of carbonyl (C=O) groups is 1. The van der Waals surface area contributed by atoms with E-state index in [0.29, 0.717) is 43.3 Å². The van der Waals surface area contributed by atoms with Crippen molar-refractivity contribution < 1.29 is 9.18 Å². The van der Waals surface area contributed by atoms with Gasteiger partial charge in [0.2, 0.25) is 0 Å². The molecule has 0 bridgehead atoms. The van der Waals surface area contributed by atoms with E-state index in [4.69, 9.17) is 11.6 Å². The minimum atomic E-state index is -0.219. The normalized spacial score (nSPS) is 14.9. The average molecular weight is 333 g/mol. The van der Waals surface area contributed by atoms with Crippen LogP contribution in [0.2, 0.25) is 0 Å². The van der Waals surface area contributed by atoms with E-state index in [2.05, 4.69) is 0 Å². The van der Waals surface area contributed by atoms with Gasteiger partial charge in [-0.3, -0.25) is 4.79 Å². The Bertz CT molecular complexity index is 682. The highest BCUT2D eigenvalue weighted by Gasteiger charge is 2.23. The van der Waals surface area contributed by atoms with Crippen molar-refractivity contribution >= 4 is 23.2 Å². The van der Waals surface area contributed by atoms with Gasteiger partial charge in [-0.05, 0) is 29.8 Å². The van der Waals surface area contributed by atoms with E-state index in [-0.39, 0.29) is 11.7 Å². The third kappa shape index (κ3) is 3.48. The summed E-state index contributed by atoms with van der Waals surface area (Å²) >= 11 is 5.76. The van der Waals surface area contributed by atoms with Gasteiger partial charge in [0, 0.05) is 37.6 Å². The Balaban J connectivity index is 1.64. The molecule has 0 saturated carbocycles. The first kappa shape index (κ1) is 15.8. The highest BCUT2D eigenvalue weighted by atomic mass is 35.5. The van der Waals surface area contributed by atoms with Gasteiger partial charge in [0.25, 0.3) is 5.91 Å². The summed E-state index contributed by atoms with van der Waals surface area (Å²) in [6.45, 7) is 2.44. The second kappa shape index (κ2) is 7.01. The minimum Gasteiger partial charge on any atom is -0.366 e. The number of alkyl halides is 1. The predicted octanol–water partition coefficient (Wildman–Crippen LogP) is 3.53. The van der Waals surface area contributed by atoms with Crippen LogP contribution in [0, 0.1) is 5.82 Å². The fraction of sp³-hybridized carbons (Fsp3) is 0.278. The van der Waals surface area contributed by atoms with Gasteiger partial charge in [0.1, 0.15) is 5.82 Å². The number of anilines is 1. The minimum absolute atomic E-state index is 0.0132. The van der Waals surface area contributed by atoms with Crippen molar-refractivity contribution in [2.45, 2.75) is 5.88 Å². The summed E-state index contributed by atoms with van der Waals surface area (Å²) in [6, 6.07) is 14.1. The summed E-state index contributed by atoms with van der Waals surface area (Å²) in [5, 5.41) is 0. The van der Waals surface area contributed by atoms with E-state index < -0.39 is 0 Å². The van der Waals surface area contributed by atoms with Crippen LogP contribution < -0.4 is 4.90 Å². The van der Waals surface area contributed by atoms with Gasteiger partial charge >= 0.3 is 0 Å². The number of rotatable bonds is 3. The standard InChI is InChI=1S/C18H18ClFN2O/c19-13-14-5-7-15(8-6-14)18(23)22-11-9-21(10-12-22)17-4-2-1-3-16(17)20/h1-8H,9-13H2. The van der Waals surface area contributed by atoms with Crippen molar-refractivity contribution in [1.29, 1.82) is 0 Å². The van der Waals surface area contributed by atoms with Gasteiger partial charge in [0.05, 0.1) is 5.69 Å². The lowest BCUT2D eigenvalue weighted by atomic mass is 10.1. The predicted molar refractivity (Wildman–Crippen MR) is 90.5 cm³/mol. The molecule has 3 nitrogen and oxygen atoms in total. The van der Waals surface area contributed by atoms with Crippen molar-refractivity contribution in [3.05, 3.63) is 65.5 Å². The number of para-hydroxylation sites is 1. The molecule has 1 aliphatic heterocycles. The molecule has 0 unspecified atom stereocenters. The smallest absolute Gasteiger partial charge is 0.253 e. The molecular formula is C18H18ClFN2O. The van der Waals surface area contributed by atoms with Crippen molar-refractivity contribution in [3.63, 3.8) is 0 Å². The lowest BCUT2D eigenvalue weighted by molar-refractivity contribution is 0.0746. The Morgan fingerprint density at radius 3 is 2.26 bits per heavy atom. The number of halogens is 2. The van der Waals surface area contributed by atoms with E-state index in [1.165, 1.54) is 6.07 Å². The molecule has 0 aromatic heterocycles. The highest BCUT2D eigenvalue weighted by molar-refractivity contribution is 6.17. The topological polar surface area (TPSA) is 23.6 Å². The Kier molecular flexibility index (Phi) is 4.82. The van der Waals surface area contributed by atoms with Crippen molar-refractivity contribution in [2.75, 3.05) is 31.1 Å². The van der Waals surface area contributed by atoms with Crippen LogP contribution >= 0.6 is 11.6 Å². The van der Waals surface area contributed by atoms with Gasteiger partial charge in [-0.25, -0.2) is 4.39 Å². The van der Waals surface area contributed by atoms with Crippen LogP contribution in [0.4, 0.5) is 10.1 Å². The molecule has 2 aromatic rings. The van der Waals surface area contributed by atoms with Crippen LogP contribution in [0.3, 0.4) is 0 Å². The second-order valence-electron chi connectivity index (χ2n) is 5.56. The molecule has 3 rings (SSSR count). The molecule has 5 heteroatoms. The summed E-state index contributed by atoms with van der Waals surface area (Å²) in [5.74, 6) is 0.235. The SMILES string of the molecule is O=C(c1ccc(CCl)cc1)N1CCN(c2ccccc2F)CC1. The zero-order valence-corrected chi connectivity index (χ0v) is 13.5. The molecule has 1 heterocycles. The Hall–Kier alpha value is -2.07. The molecule has 0 aliphatic carbocycles. The van der Waals surface area contributed by atoms with Crippen molar-refractivity contribution in [2.24, 2.45) is 0 Å². The van der Waals surface area contributed by atoms with Crippen LogP contribution in [0.15, 0.2) is 48.5 Å². The third-order valence-corrected chi connectivity index (χ3v) is 4.42. The summed E-state index contributed by atoms with van der Waals surface area (Å²) in [4.78, 5) is 16.3. The fourth-order valence-electron chi connectivity index (χ4n) is 2.78. The molecule has 1 fully saturated rings. The number of carbonyl (C=O) groups excluding carboxylic acids is 1. The second-order valence-corrected chi connectivity index (χ2v) is 5.83. The summed E-state index contributed by atoms with van der Waals surface area (Å²) in [7, 11) is 0. The first-order valence-corrected chi connectivity index (χ1v) is 8.16. The van der Waals surface area contributed by atoms with Crippen LogP contribution in [-0.2, 0) is 5.88 Å². The molecule has 1 saturated heterocycles. The number of nitrogens with zero attached hydrogens (tertiary/aromatic N) is 2. The molecule has 0 N–H and O–H groups in total. The molecule has 2 aromatic carbocycles. The molecule has 0 radical (unpaired) electrons. The highest BCUT2D eigenvalue weighted by Crippen LogP contribution is 2.21. The maximum atomic E-state index is 13.8. The van der Waals surface area contributed by atoms with Gasteiger partial charge in [-0.15, -0.1) is 11.6 Å². The zero-order chi connectivity index (χ0) is 16.2. The molecular weight excluding hydrogens is 315 g/mol. The van der Waals surface area contributed by atoms with Crippen LogP contribution in [0.1, 0.15) is 15.9 Å². The lowest BCUT2D eigenvalue weighted by Gasteiger charge is -2.36. The number of amides is 1. The Morgan fingerprint density at radius 2 is 1.65 bits per heavy atom.